The van der Waals surface area contributed by atoms with Gasteiger partial charge in [-0.2, -0.15) is 0 Å². The molecule has 0 unspecified atom stereocenters. The molecule has 1 amide bonds. The van der Waals surface area contributed by atoms with Crippen molar-refractivity contribution in [1.82, 2.24) is 5.16 Å². The Kier molecular flexibility index (Phi) is 8.02. The third kappa shape index (κ3) is 6.51. The van der Waals surface area contributed by atoms with Gasteiger partial charge in [0.15, 0.2) is 5.76 Å². The van der Waals surface area contributed by atoms with Crippen LogP contribution >= 0.6 is 11.8 Å². The number of aliphatic carboxylic acids is 1. The highest BCUT2D eigenvalue weighted by Crippen LogP contribution is 2.34. The van der Waals surface area contributed by atoms with E-state index in [9.17, 15) is 14.0 Å². The molecule has 9 heteroatoms. The Labute approximate surface area is 211 Å². The molecule has 184 valence electrons. The molecule has 36 heavy (non-hydrogen) atoms. The number of hydrogen-bond donors (Lipinski definition) is 2. The van der Waals surface area contributed by atoms with Crippen LogP contribution in [-0.2, 0) is 22.4 Å². The normalized spacial score (nSPS) is 10.7. The summed E-state index contributed by atoms with van der Waals surface area (Å²) in [6.07, 6.45) is -0.430. The lowest BCUT2D eigenvalue weighted by atomic mass is 10.1. The molecule has 0 aliphatic heterocycles. The summed E-state index contributed by atoms with van der Waals surface area (Å²) in [5.41, 5.74) is 2.84. The van der Waals surface area contributed by atoms with Crippen LogP contribution < -0.4 is 5.32 Å². The number of hydrogen-bond acceptors (Lipinski definition) is 6. The fourth-order valence-electron chi connectivity index (χ4n) is 3.47. The first-order chi connectivity index (χ1) is 17.4. The van der Waals surface area contributed by atoms with E-state index in [1.807, 2.05) is 36.4 Å². The zero-order chi connectivity index (χ0) is 25.5. The predicted octanol–water partition coefficient (Wildman–Crippen LogP) is 6.36. The highest BCUT2D eigenvalue weighted by Gasteiger charge is 2.18. The molecule has 7 nitrogen and oxygen atoms in total. The minimum absolute atomic E-state index is 0.00820. The van der Waals surface area contributed by atoms with E-state index in [0.29, 0.717) is 22.7 Å². The number of nitrogens with one attached hydrogen (secondary N) is 1. The Morgan fingerprint density at radius 1 is 1.03 bits per heavy atom. The average Bonchev–Trinajstić information content (AvgIpc) is 3.21. The van der Waals surface area contributed by atoms with Crippen LogP contribution in [-0.4, -0.2) is 28.9 Å². The van der Waals surface area contributed by atoms with Gasteiger partial charge >= 0.3 is 12.1 Å². The van der Waals surface area contributed by atoms with Crippen molar-refractivity contribution in [3.05, 3.63) is 95.4 Å². The van der Waals surface area contributed by atoms with Crippen molar-refractivity contribution < 1.29 is 28.3 Å². The summed E-state index contributed by atoms with van der Waals surface area (Å²) in [6.45, 7) is 1.73. The van der Waals surface area contributed by atoms with E-state index in [4.69, 9.17) is 14.4 Å². The molecule has 0 radical (unpaired) electrons. The highest BCUT2D eigenvalue weighted by atomic mass is 32.2. The number of halogens is 1. The first-order valence-electron chi connectivity index (χ1n) is 11.1. The van der Waals surface area contributed by atoms with E-state index in [1.54, 1.807) is 37.3 Å². The van der Waals surface area contributed by atoms with Crippen LogP contribution in [0.25, 0.3) is 11.3 Å². The quantitative estimate of drug-likeness (QED) is 0.272. The van der Waals surface area contributed by atoms with Crippen LogP contribution in [0.5, 0.6) is 0 Å². The van der Waals surface area contributed by atoms with Crippen molar-refractivity contribution in [1.29, 1.82) is 0 Å². The number of anilines is 1. The van der Waals surface area contributed by atoms with E-state index >= 15 is 0 Å². The molecule has 0 saturated carbocycles. The second-order valence-corrected chi connectivity index (χ2v) is 9.06. The van der Waals surface area contributed by atoms with E-state index in [1.165, 1.54) is 17.8 Å². The van der Waals surface area contributed by atoms with Crippen LogP contribution in [0.3, 0.4) is 0 Å². The third-order valence-corrected chi connectivity index (χ3v) is 6.30. The lowest BCUT2D eigenvalue weighted by Crippen LogP contribution is -2.16. The van der Waals surface area contributed by atoms with Crippen LogP contribution in [0.1, 0.15) is 16.8 Å². The third-order valence-electron chi connectivity index (χ3n) is 5.28. The number of carbonyl (C=O) groups excluding carboxylic acids is 1. The average molecular weight is 507 g/mol. The Morgan fingerprint density at radius 3 is 2.36 bits per heavy atom. The number of nitrogens with zero attached hydrogens (tertiary/aromatic N) is 1. The summed E-state index contributed by atoms with van der Waals surface area (Å²) in [6, 6.07) is 21.3. The molecule has 0 bridgehead atoms. The smallest absolute Gasteiger partial charge is 0.411 e. The maximum absolute atomic E-state index is 13.7. The molecular formula is C27H23FN2O5S. The SMILES string of the molecule is Cc1noc(-c2ccc(Sc3ccc(CC(=O)O)cc3)cc2)c1NC(=O)OCCc1ccccc1F. The van der Waals surface area contributed by atoms with E-state index in [0.717, 1.165) is 20.9 Å². The lowest BCUT2D eigenvalue weighted by Gasteiger charge is -2.08. The molecule has 2 N–H and O–H groups in total. The molecule has 0 atom stereocenters. The maximum Gasteiger partial charge on any atom is 0.411 e. The first kappa shape index (κ1) is 25.0. The van der Waals surface area contributed by atoms with Crippen LogP contribution in [0.4, 0.5) is 14.9 Å². The largest absolute Gasteiger partial charge is 0.481 e. The van der Waals surface area contributed by atoms with E-state index in [-0.39, 0.29) is 25.3 Å². The van der Waals surface area contributed by atoms with Gasteiger partial charge in [-0.3, -0.25) is 10.1 Å². The summed E-state index contributed by atoms with van der Waals surface area (Å²) in [7, 11) is 0. The van der Waals surface area contributed by atoms with Gasteiger partial charge in [0.25, 0.3) is 0 Å². The van der Waals surface area contributed by atoms with E-state index < -0.39 is 12.1 Å². The highest BCUT2D eigenvalue weighted by molar-refractivity contribution is 7.99. The zero-order valence-electron chi connectivity index (χ0n) is 19.4. The number of rotatable bonds is 9. The van der Waals surface area contributed by atoms with Crippen molar-refractivity contribution in [3.63, 3.8) is 0 Å². The number of carboxylic acid groups (broad SMARTS) is 1. The van der Waals surface area contributed by atoms with Crippen LogP contribution in [0.2, 0.25) is 0 Å². The van der Waals surface area contributed by atoms with Crippen molar-refractivity contribution in [2.75, 3.05) is 11.9 Å². The number of ether oxygens (including phenoxy) is 1. The minimum atomic E-state index is -0.863. The number of carboxylic acids is 1. The maximum atomic E-state index is 13.7. The van der Waals surface area contributed by atoms with Crippen molar-refractivity contribution in [2.24, 2.45) is 0 Å². The second-order valence-electron chi connectivity index (χ2n) is 7.92. The minimum Gasteiger partial charge on any atom is -0.481 e. The van der Waals surface area contributed by atoms with Gasteiger partial charge in [-0.25, -0.2) is 9.18 Å². The molecule has 1 heterocycles. The van der Waals surface area contributed by atoms with Gasteiger partial charge in [0.05, 0.1) is 13.0 Å². The first-order valence-corrected chi connectivity index (χ1v) is 11.9. The topological polar surface area (TPSA) is 102 Å². The number of amides is 1. The molecule has 0 saturated heterocycles. The number of aromatic nitrogens is 1. The lowest BCUT2D eigenvalue weighted by molar-refractivity contribution is -0.136. The molecule has 0 aliphatic carbocycles. The molecule has 4 aromatic rings. The Hall–Kier alpha value is -4.11. The molecule has 3 aromatic carbocycles. The van der Waals surface area contributed by atoms with Gasteiger partial charge in [-0.15, -0.1) is 0 Å². The molecule has 1 aromatic heterocycles. The van der Waals surface area contributed by atoms with Crippen molar-refractivity contribution >= 4 is 29.5 Å². The van der Waals surface area contributed by atoms with Gasteiger partial charge < -0.3 is 14.4 Å². The van der Waals surface area contributed by atoms with Crippen molar-refractivity contribution in [2.45, 2.75) is 29.6 Å². The Bertz CT molecular complexity index is 1350. The molecule has 0 fully saturated rings. The molecule has 0 aliphatic rings. The monoisotopic (exact) mass is 506 g/mol. The van der Waals surface area contributed by atoms with Gasteiger partial charge in [0.1, 0.15) is 17.2 Å². The van der Waals surface area contributed by atoms with Crippen molar-refractivity contribution in [3.8, 4) is 11.3 Å². The Balaban J connectivity index is 1.37. The molecular weight excluding hydrogens is 483 g/mol. The summed E-state index contributed by atoms with van der Waals surface area (Å²) in [5, 5.41) is 15.5. The predicted molar refractivity (Wildman–Crippen MR) is 134 cm³/mol. The summed E-state index contributed by atoms with van der Waals surface area (Å²) in [4.78, 5) is 25.1. The fourth-order valence-corrected chi connectivity index (χ4v) is 4.28. The van der Waals surface area contributed by atoms with Gasteiger partial charge in [0, 0.05) is 21.8 Å². The second kappa shape index (κ2) is 11.5. The van der Waals surface area contributed by atoms with Gasteiger partial charge in [0.2, 0.25) is 0 Å². The fraction of sp³-hybridized carbons (Fsp3) is 0.148. The number of carbonyl (C=O) groups is 2. The zero-order valence-corrected chi connectivity index (χ0v) is 20.2. The summed E-state index contributed by atoms with van der Waals surface area (Å²) in [5.74, 6) is -0.804. The van der Waals surface area contributed by atoms with Crippen LogP contribution in [0.15, 0.2) is 87.1 Å². The van der Waals surface area contributed by atoms with Gasteiger partial charge in [-0.05, 0) is 60.5 Å². The Morgan fingerprint density at radius 2 is 1.69 bits per heavy atom. The number of aryl methyl sites for hydroxylation is 1. The van der Waals surface area contributed by atoms with E-state index in [2.05, 4.69) is 10.5 Å². The molecule has 4 rings (SSSR count). The summed E-state index contributed by atoms with van der Waals surface area (Å²) >= 11 is 1.54. The standard InChI is InChI=1S/C27H23FN2O5S/c1-17-25(29-27(33)34-15-14-19-4-2-3-5-23(19)28)26(35-30-17)20-8-12-22(13-9-20)36-21-10-6-18(7-11-21)16-24(31)32/h2-13H,14-16H2,1H3,(H,29,33)(H,31,32). The number of benzene rings is 3. The van der Waals surface area contributed by atoms with Gasteiger partial charge in [-0.1, -0.05) is 47.3 Å². The van der Waals surface area contributed by atoms with Crippen LogP contribution in [0, 0.1) is 12.7 Å². The molecule has 0 spiro atoms. The summed E-state index contributed by atoms with van der Waals surface area (Å²) < 4.78 is 24.4.